The lowest BCUT2D eigenvalue weighted by Gasteiger charge is -2.27. The van der Waals surface area contributed by atoms with Gasteiger partial charge in [-0.1, -0.05) is 6.92 Å². The maximum Gasteiger partial charge on any atom is 0.347 e. The molecule has 0 saturated carbocycles. The van der Waals surface area contributed by atoms with Gasteiger partial charge in [-0.25, -0.2) is 59.9 Å². The molecule has 0 spiro atoms. The summed E-state index contributed by atoms with van der Waals surface area (Å²) in [6.07, 6.45) is -14.7. The van der Waals surface area contributed by atoms with E-state index in [4.69, 9.17) is 37.9 Å². The van der Waals surface area contributed by atoms with Crippen LogP contribution in [0.3, 0.4) is 0 Å². The van der Waals surface area contributed by atoms with E-state index in [1.807, 2.05) is 0 Å². The molecule has 2 N–H and O–H groups in total. The van der Waals surface area contributed by atoms with E-state index >= 15 is 0 Å². The third-order valence-corrected chi connectivity index (χ3v) is 14.8. The number of hydrogen-bond acceptors (Lipinski definition) is 25. The third-order valence-electron chi connectivity index (χ3n) is 9.09. The highest BCUT2D eigenvalue weighted by molar-refractivity contribution is 7.95. The predicted molar refractivity (Wildman–Crippen MR) is 223 cm³/mol. The van der Waals surface area contributed by atoms with Crippen molar-refractivity contribution in [1.82, 2.24) is 10.0 Å². The first-order valence-electron chi connectivity index (χ1n) is 20.3. The highest BCUT2D eigenvalue weighted by Crippen LogP contribution is 2.42. The summed E-state index contributed by atoms with van der Waals surface area (Å²) in [5.41, 5.74) is 0.245. The summed E-state index contributed by atoms with van der Waals surface area (Å²) < 4.78 is 97.2. The van der Waals surface area contributed by atoms with Crippen molar-refractivity contribution in [2.45, 2.75) is 164 Å². The van der Waals surface area contributed by atoms with Crippen LogP contribution in [-0.2, 0) is 110 Å². The van der Waals surface area contributed by atoms with E-state index in [2.05, 4.69) is 10.1 Å². The number of nitrogens with one attached hydrogen (secondary N) is 2. The standard InChI is InChI=1S/C39H54N2O23S3/c1-13-40-28-14-16(2)66(52,53)39-27(28)15-29(65-39)67(54,55)41-30(43)17(3)57-32(45)19(5)59-34(47)21(7)61-36(49)23(9)63-38(51)25(11)64-37(50)24(10)62-35(48)22(8)60-33(46)20(6)58-31(44)18(4)56-26(12)42/h15-25,28,40H,13-14H2,1-12H3,(H,41,43)/t16-,17?,18?,19?,20?,21?,22?,23?,24?,25?,28-/m0/s1. The molecule has 0 saturated heterocycles. The fourth-order valence-corrected chi connectivity index (χ4v) is 10.3. The Morgan fingerprint density at radius 3 is 1.18 bits per heavy atom. The number of sulfone groups is 1. The van der Waals surface area contributed by atoms with Crippen LogP contribution >= 0.6 is 11.3 Å². The lowest BCUT2D eigenvalue weighted by Crippen LogP contribution is -2.42. The molecule has 0 radical (unpaired) electrons. The summed E-state index contributed by atoms with van der Waals surface area (Å²) in [6, 6.07) is 0.704. The number of hydrogen-bond donors (Lipinski definition) is 2. The van der Waals surface area contributed by atoms with Crippen LogP contribution in [-0.4, -0.2) is 143 Å². The van der Waals surface area contributed by atoms with Crippen LogP contribution in [0.1, 0.15) is 101 Å². The Balaban J connectivity index is 1.85. The van der Waals surface area contributed by atoms with E-state index in [1.54, 1.807) is 11.6 Å². The number of carbonyl (C=O) groups excluding carboxylic acids is 10. The SMILES string of the molecule is CCN[C@H]1C[C@H](C)S(=O)(=O)c2sc(S(=O)(=O)NC(=O)C(C)OC(=O)C(C)OC(=O)C(C)OC(=O)C(C)OC(=O)C(C)OC(=O)C(C)OC(=O)C(C)OC(=O)C(C)OC(=O)C(C)OC(C)=O)cc21. The summed E-state index contributed by atoms with van der Waals surface area (Å²) in [6.45, 7) is 14.4. The molecule has 2 rings (SSSR count). The van der Waals surface area contributed by atoms with Gasteiger partial charge in [0.2, 0.25) is 0 Å². The molecule has 1 aliphatic heterocycles. The molecule has 0 aliphatic carbocycles. The zero-order chi connectivity index (χ0) is 51.5. The number of carbonyl (C=O) groups is 10. The highest BCUT2D eigenvalue weighted by atomic mass is 32.3. The van der Waals surface area contributed by atoms with E-state index in [9.17, 15) is 64.8 Å². The Morgan fingerprint density at radius 1 is 0.582 bits per heavy atom. The number of fused-ring (bicyclic) bond motifs is 1. The first-order valence-corrected chi connectivity index (χ1v) is 24.2. The molecule has 11 atom stereocenters. The topological polar surface area (TPSA) is 346 Å². The molecule has 1 aromatic rings. The minimum absolute atomic E-state index is 0.151. The Kier molecular flexibility index (Phi) is 20.8. The lowest BCUT2D eigenvalue weighted by molar-refractivity contribution is -0.189. The lowest BCUT2D eigenvalue weighted by atomic mass is 10.1. The van der Waals surface area contributed by atoms with Crippen molar-refractivity contribution in [1.29, 1.82) is 0 Å². The van der Waals surface area contributed by atoms with Crippen molar-refractivity contribution in [3.63, 3.8) is 0 Å². The van der Waals surface area contributed by atoms with Crippen molar-refractivity contribution in [3.8, 4) is 0 Å². The van der Waals surface area contributed by atoms with Crippen LogP contribution in [0, 0.1) is 0 Å². The molecule has 9 unspecified atom stereocenters. The summed E-state index contributed by atoms with van der Waals surface area (Å²) in [5.74, 6) is -12.1. The zero-order valence-electron chi connectivity index (χ0n) is 38.5. The van der Waals surface area contributed by atoms with Gasteiger partial charge < -0.3 is 47.9 Å². The normalized spacial score (nSPS) is 19.2. The van der Waals surface area contributed by atoms with Crippen molar-refractivity contribution >= 4 is 90.8 Å². The van der Waals surface area contributed by atoms with Crippen LogP contribution in [0.5, 0.6) is 0 Å². The molecule has 28 heteroatoms. The minimum atomic E-state index is -4.65. The third kappa shape index (κ3) is 16.2. The molecule has 2 heterocycles. The second kappa shape index (κ2) is 24.3. The molecule has 0 bridgehead atoms. The Bertz CT molecular complexity index is 2290. The Labute approximate surface area is 389 Å². The van der Waals surface area contributed by atoms with Gasteiger partial charge >= 0.3 is 53.7 Å². The van der Waals surface area contributed by atoms with Crippen molar-refractivity contribution in [2.24, 2.45) is 0 Å². The summed E-state index contributed by atoms with van der Waals surface area (Å²) in [7, 11) is -8.49. The number of ether oxygens (including phenoxy) is 9. The van der Waals surface area contributed by atoms with Gasteiger partial charge in [0.15, 0.2) is 64.8 Å². The fourth-order valence-electron chi connectivity index (χ4n) is 5.28. The maximum absolute atomic E-state index is 13.1. The van der Waals surface area contributed by atoms with Crippen molar-refractivity contribution in [2.75, 3.05) is 6.54 Å². The molecule has 25 nitrogen and oxygen atoms in total. The van der Waals surface area contributed by atoms with E-state index in [-0.39, 0.29) is 16.2 Å². The number of amides is 1. The smallest absolute Gasteiger partial charge is 0.347 e. The van der Waals surface area contributed by atoms with E-state index in [1.165, 1.54) is 13.8 Å². The number of rotatable bonds is 22. The molecular weight excluding hydrogens is 961 g/mol. The molecule has 0 aromatic carbocycles. The van der Waals surface area contributed by atoms with Gasteiger partial charge in [-0.15, -0.1) is 11.3 Å². The first kappa shape index (κ1) is 57.4. The molecule has 1 aromatic heterocycles. The quantitative estimate of drug-likeness (QED) is 0.115. The van der Waals surface area contributed by atoms with E-state index < -0.39 is 150 Å². The molecule has 376 valence electrons. The monoisotopic (exact) mass is 1010 g/mol. The number of thiophene rings is 1. The second-order valence-corrected chi connectivity index (χ2v) is 20.4. The van der Waals surface area contributed by atoms with E-state index in [0.29, 0.717) is 17.9 Å². The van der Waals surface area contributed by atoms with Gasteiger partial charge in [-0.3, -0.25) is 9.59 Å². The van der Waals surface area contributed by atoms with Crippen LogP contribution < -0.4 is 10.0 Å². The van der Waals surface area contributed by atoms with Crippen molar-refractivity contribution < 1.29 is 107 Å². The molecule has 1 amide bonds. The molecule has 1 aliphatic rings. The Hall–Kier alpha value is -5.74. The van der Waals surface area contributed by atoms with Crippen LogP contribution in [0.4, 0.5) is 0 Å². The number of sulfonamides is 1. The summed E-state index contributed by atoms with van der Waals surface area (Å²) in [5, 5.41) is 2.32. The van der Waals surface area contributed by atoms with Gasteiger partial charge in [0, 0.05) is 18.5 Å². The summed E-state index contributed by atoms with van der Waals surface area (Å²) >= 11 is 0.469. The minimum Gasteiger partial charge on any atom is -0.451 e. The predicted octanol–water partition coefficient (Wildman–Crippen LogP) is 0.175. The zero-order valence-corrected chi connectivity index (χ0v) is 40.9. The molecular formula is C39H54N2O23S3. The van der Waals surface area contributed by atoms with Crippen LogP contribution in [0.25, 0.3) is 0 Å². The Morgan fingerprint density at radius 2 is 0.881 bits per heavy atom. The molecule has 67 heavy (non-hydrogen) atoms. The highest BCUT2D eigenvalue weighted by Gasteiger charge is 2.41. The maximum atomic E-state index is 13.1. The second-order valence-electron chi connectivity index (χ2n) is 14.9. The van der Waals surface area contributed by atoms with E-state index in [0.717, 1.165) is 68.4 Å². The van der Waals surface area contributed by atoms with Gasteiger partial charge in [-0.05, 0) is 88.3 Å². The van der Waals surface area contributed by atoms with Gasteiger partial charge in [0.05, 0.1) is 5.25 Å². The van der Waals surface area contributed by atoms with Gasteiger partial charge in [-0.2, -0.15) is 0 Å². The van der Waals surface area contributed by atoms with Gasteiger partial charge in [0.25, 0.3) is 15.9 Å². The summed E-state index contributed by atoms with van der Waals surface area (Å²) in [4.78, 5) is 123. The van der Waals surface area contributed by atoms with Crippen LogP contribution in [0.15, 0.2) is 14.5 Å². The van der Waals surface area contributed by atoms with Crippen molar-refractivity contribution in [3.05, 3.63) is 11.6 Å². The average molecular weight is 1020 g/mol. The number of esters is 9. The largest absolute Gasteiger partial charge is 0.451 e. The van der Waals surface area contributed by atoms with Gasteiger partial charge in [0.1, 0.15) is 8.42 Å². The fraction of sp³-hybridized carbons (Fsp3) is 0.641. The van der Waals surface area contributed by atoms with Crippen LogP contribution in [0.2, 0.25) is 0 Å². The first-order chi connectivity index (χ1) is 30.8. The average Bonchev–Trinajstić information content (AvgIpc) is 3.70. The molecule has 0 fully saturated rings.